The van der Waals surface area contributed by atoms with Crippen molar-refractivity contribution in [2.75, 3.05) is 19.8 Å². The van der Waals surface area contributed by atoms with Crippen LogP contribution in [0.1, 0.15) is 90.4 Å². The molecule has 8 N–H and O–H groups in total. The Labute approximate surface area is 275 Å². The second kappa shape index (κ2) is 21.1. The fourth-order valence-electron chi connectivity index (χ4n) is 5.46. The summed E-state index contributed by atoms with van der Waals surface area (Å²) < 4.78 is 16.4. The van der Waals surface area contributed by atoms with Crippen molar-refractivity contribution in [1.82, 2.24) is 0 Å². The number of rotatable bonds is 21. The van der Waals surface area contributed by atoms with Gasteiger partial charge in [0.15, 0.2) is 0 Å². The summed E-state index contributed by atoms with van der Waals surface area (Å²) in [5, 5.41) is 81.4. The minimum absolute atomic E-state index is 0.0515. The summed E-state index contributed by atoms with van der Waals surface area (Å²) >= 11 is 0. The van der Waals surface area contributed by atoms with Gasteiger partial charge < -0.3 is 55.1 Å². The van der Waals surface area contributed by atoms with Crippen molar-refractivity contribution in [2.45, 2.75) is 145 Å². The maximum absolute atomic E-state index is 12.8. The van der Waals surface area contributed by atoms with E-state index in [-0.39, 0.29) is 6.42 Å². The molecule has 47 heavy (non-hydrogen) atoms. The molecule has 2 aliphatic rings. The van der Waals surface area contributed by atoms with Gasteiger partial charge in [0.25, 0.3) is 0 Å². The first-order valence-corrected chi connectivity index (χ1v) is 16.5. The molecule has 0 aliphatic carbocycles. The first kappa shape index (κ1) is 41.2. The van der Waals surface area contributed by atoms with Crippen LogP contribution in [0.3, 0.4) is 0 Å². The van der Waals surface area contributed by atoms with E-state index in [2.05, 4.69) is 41.0 Å². The van der Waals surface area contributed by atoms with Gasteiger partial charge in [0, 0.05) is 0 Å². The highest BCUT2D eigenvalue weighted by atomic mass is 17.2. The van der Waals surface area contributed by atoms with Gasteiger partial charge >= 0.3 is 11.9 Å². The van der Waals surface area contributed by atoms with Crippen molar-refractivity contribution >= 4 is 11.9 Å². The quantitative estimate of drug-likeness (QED) is 0.0349. The zero-order valence-electron chi connectivity index (χ0n) is 27.1. The van der Waals surface area contributed by atoms with Gasteiger partial charge in [0.05, 0.1) is 19.6 Å². The molecular formula is C32H54O15. The van der Waals surface area contributed by atoms with Crippen LogP contribution in [0.2, 0.25) is 0 Å². The Hall–Kier alpha value is -2.02. The van der Waals surface area contributed by atoms with Gasteiger partial charge in [-0.05, 0) is 38.5 Å². The topological polar surface area (TPSA) is 242 Å². The van der Waals surface area contributed by atoms with Crippen LogP contribution in [0.25, 0.3) is 0 Å². The van der Waals surface area contributed by atoms with Gasteiger partial charge in [-0.15, -0.1) is 0 Å². The fourth-order valence-corrected chi connectivity index (χ4v) is 5.46. The second-order valence-corrected chi connectivity index (χ2v) is 12.0. The molecule has 0 aromatic rings. The van der Waals surface area contributed by atoms with Gasteiger partial charge in [0.1, 0.15) is 55.8 Å². The monoisotopic (exact) mass is 678 g/mol. The van der Waals surface area contributed by atoms with Crippen LogP contribution in [-0.4, -0.2) is 127 Å². The molecule has 2 rings (SSSR count). The molecule has 0 spiro atoms. The van der Waals surface area contributed by atoms with Crippen molar-refractivity contribution in [3.8, 4) is 0 Å². The standard InChI is InChI=1S/C32H54O15/c1-2-3-4-5-6-7-8-9-10-11-12-13-14-15-16-17-24(36)45-46-25(37)18-31(30(42)28(40)26(38)22(19-33)43-31)47-32(21-35)29(41)27(39)23(20-34)44-32/h6-7,9-10,22-23,26-30,33-35,38-42H,2-5,8,11-21H2,1H3/b7-6+,10-9+/t22-,23-,26-,27-,28+,29+,30-,31+,32?/m1/s1. The van der Waals surface area contributed by atoms with E-state index >= 15 is 0 Å². The number of hydrogen-bond acceptors (Lipinski definition) is 15. The maximum Gasteiger partial charge on any atom is 0.361 e. The number of aliphatic hydroxyl groups excluding tert-OH is 8. The van der Waals surface area contributed by atoms with Crippen molar-refractivity contribution in [2.24, 2.45) is 0 Å². The minimum Gasteiger partial charge on any atom is -0.394 e. The van der Waals surface area contributed by atoms with Crippen molar-refractivity contribution in [3.05, 3.63) is 24.3 Å². The summed E-state index contributed by atoms with van der Waals surface area (Å²) in [5.74, 6) is -7.64. The maximum atomic E-state index is 12.8. The Morgan fingerprint density at radius 2 is 1.19 bits per heavy atom. The van der Waals surface area contributed by atoms with Crippen LogP contribution >= 0.6 is 0 Å². The third kappa shape index (κ3) is 12.1. The van der Waals surface area contributed by atoms with E-state index in [9.17, 15) is 50.4 Å². The molecule has 0 bridgehead atoms. The molecular weight excluding hydrogens is 624 g/mol. The number of unbranched alkanes of at least 4 members (excludes halogenated alkanes) is 8. The Kier molecular flexibility index (Phi) is 18.5. The minimum atomic E-state index is -2.79. The summed E-state index contributed by atoms with van der Waals surface area (Å²) in [7, 11) is 0. The molecule has 2 fully saturated rings. The van der Waals surface area contributed by atoms with Crippen LogP contribution in [-0.2, 0) is 33.6 Å². The molecule has 0 aromatic carbocycles. The zero-order valence-corrected chi connectivity index (χ0v) is 27.1. The third-order valence-electron chi connectivity index (χ3n) is 8.24. The van der Waals surface area contributed by atoms with Gasteiger partial charge in [-0.1, -0.05) is 63.3 Å². The Bertz CT molecular complexity index is 974. The molecule has 2 heterocycles. The normalized spacial score (nSPS) is 32.7. The third-order valence-corrected chi connectivity index (χ3v) is 8.24. The van der Waals surface area contributed by atoms with E-state index in [0.717, 1.165) is 44.9 Å². The molecule has 0 amide bonds. The highest BCUT2D eigenvalue weighted by molar-refractivity contribution is 5.73. The first-order valence-electron chi connectivity index (χ1n) is 16.5. The van der Waals surface area contributed by atoms with E-state index < -0.39 is 92.5 Å². The van der Waals surface area contributed by atoms with Gasteiger partial charge in [0.2, 0.25) is 11.6 Å². The van der Waals surface area contributed by atoms with Crippen LogP contribution < -0.4 is 0 Å². The van der Waals surface area contributed by atoms with Crippen molar-refractivity contribution in [1.29, 1.82) is 0 Å². The van der Waals surface area contributed by atoms with E-state index in [0.29, 0.717) is 6.42 Å². The smallest absolute Gasteiger partial charge is 0.361 e. The van der Waals surface area contributed by atoms with Crippen molar-refractivity contribution in [3.63, 3.8) is 0 Å². The molecule has 15 nitrogen and oxygen atoms in total. The van der Waals surface area contributed by atoms with Crippen LogP contribution in [0, 0.1) is 0 Å². The van der Waals surface area contributed by atoms with Crippen LogP contribution in [0.5, 0.6) is 0 Å². The number of ether oxygens (including phenoxy) is 3. The predicted molar refractivity (Wildman–Crippen MR) is 164 cm³/mol. The summed E-state index contributed by atoms with van der Waals surface area (Å²) in [6.45, 7) is -0.785. The van der Waals surface area contributed by atoms with E-state index in [1.807, 2.05) is 0 Å². The Balaban J connectivity index is 1.83. The van der Waals surface area contributed by atoms with E-state index in [1.54, 1.807) is 0 Å². The summed E-state index contributed by atoms with van der Waals surface area (Å²) in [6.07, 6.45) is 5.19. The van der Waals surface area contributed by atoms with Gasteiger partial charge in [-0.25, -0.2) is 19.4 Å². The molecule has 1 unspecified atom stereocenters. The lowest BCUT2D eigenvalue weighted by Gasteiger charge is -2.50. The summed E-state index contributed by atoms with van der Waals surface area (Å²) in [6, 6.07) is 0. The Morgan fingerprint density at radius 1 is 0.660 bits per heavy atom. The number of aliphatic hydroxyl groups is 8. The SMILES string of the molecule is CCCCC/C=C/C/C=C/CCCCCCCC(=O)OOC(=O)C[C@@]1(OC2(CO)O[C@H](CO)[C@@H](O)[C@@H]2O)O[C@H](CO)[C@@H](O)[C@H](O)[C@H]1O. The lowest BCUT2D eigenvalue weighted by molar-refractivity contribution is -0.434. The molecule has 9 atom stereocenters. The average molecular weight is 679 g/mol. The number of carbonyl (C=O) groups excluding carboxylic acids is 2. The lowest BCUT2D eigenvalue weighted by Crippen LogP contribution is -2.70. The van der Waals surface area contributed by atoms with Crippen LogP contribution in [0.4, 0.5) is 0 Å². The Morgan fingerprint density at radius 3 is 1.79 bits per heavy atom. The highest BCUT2D eigenvalue weighted by Crippen LogP contribution is 2.42. The number of hydrogen-bond donors (Lipinski definition) is 8. The molecule has 2 saturated heterocycles. The molecule has 2 aliphatic heterocycles. The molecule has 0 radical (unpaired) electrons. The molecule has 272 valence electrons. The van der Waals surface area contributed by atoms with Gasteiger partial charge in [-0.2, -0.15) is 0 Å². The highest BCUT2D eigenvalue weighted by Gasteiger charge is 2.64. The number of allylic oxidation sites excluding steroid dienone is 4. The number of carbonyl (C=O) groups is 2. The van der Waals surface area contributed by atoms with E-state index in [1.165, 1.54) is 19.3 Å². The average Bonchev–Trinajstić information content (AvgIpc) is 3.30. The van der Waals surface area contributed by atoms with Crippen molar-refractivity contribution < 1.29 is 74.4 Å². The first-order chi connectivity index (χ1) is 22.5. The largest absolute Gasteiger partial charge is 0.394 e. The summed E-state index contributed by atoms with van der Waals surface area (Å²) in [4.78, 5) is 34.1. The predicted octanol–water partition coefficient (Wildman–Crippen LogP) is 0.180. The molecule has 15 heteroatoms. The van der Waals surface area contributed by atoms with Gasteiger partial charge in [-0.3, -0.25) is 0 Å². The molecule has 0 saturated carbocycles. The second-order valence-electron chi connectivity index (χ2n) is 12.0. The molecule has 0 aromatic heterocycles. The fraction of sp³-hybridized carbons (Fsp3) is 0.812. The lowest BCUT2D eigenvalue weighted by atomic mass is 9.90. The van der Waals surface area contributed by atoms with Crippen LogP contribution in [0.15, 0.2) is 24.3 Å². The van der Waals surface area contributed by atoms with E-state index in [4.69, 9.17) is 14.2 Å². The zero-order chi connectivity index (χ0) is 34.9. The summed E-state index contributed by atoms with van der Waals surface area (Å²) in [5.41, 5.74) is 0.